The van der Waals surface area contributed by atoms with Crippen molar-refractivity contribution in [1.29, 1.82) is 5.26 Å². The van der Waals surface area contributed by atoms with Crippen LogP contribution in [0, 0.1) is 11.3 Å². The van der Waals surface area contributed by atoms with Crippen LogP contribution in [0.15, 0.2) is 60.3 Å². The van der Waals surface area contributed by atoms with Crippen molar-refractivity contribution in [3.8, 4) is 17.6 Å². The molecule has 0 aliphatic heterocycles. The highest BCUT2D eigenvalue weighted by atomic mass is 16.5. The summed E-state index contributed by atoms with van der Waals surface area (Å²) in [6.45, 7) is 0. The van der Waals surface area contributed by atoms with E-state index >= 15 is 0 Å². The molecule has 0 fully saturated rings. The van der Waals surface area contributed by atoms with E-state index in [1.165, 1.54) is 19.3 Å². The van der Waals surface area contributed by atoms with Crippen LogP contribution in [0.4, 0.5) is 5.69 Å². The molecular formula is C20H15N3O3. The highest BCUT2D eigenvalue weighted by Gasteiger charge is 2.12. The Bertz CT molecular complexity index is 1050. The van der Waals surface area contributed by atoms with Crippen molar-refractivity contribution >= 4 is 28.6 Å². The second kappa shape index (κ2) is 7.36. The molecule has 1 aromatic heterocycles. The predicted molar refractivity (Wildman–Crippen MR) is 98.6 cm³/mol. The summed E-state index contributed by atoms with van der Waals surface area (Å²) < 4.78 is 4.98. The third-order valence-corrected chi connectivity index (χ3v) is 3.77. The normalized spacial score (nSPS) is 11.0. The molecule has 0 radical (unpaired) electrons. The number of amides is 1. The Kier molecular flexibility index (Phi) is 4.81. The minimum atomic E-state index is -0.542. The first-order chi connectivity index (χ1) is 12.6. The molecule has 0 aliphatic carbocycles. The number of hydrogen-bond acceptors (Lipinski definition) is 5. The molecule has 2 aromatic carbocycles. The van der Waals surface area contributed by atoms with Crippen molar-refractivity contribution < 1.29 is 14.6 Å². The van der Waals surface area contributed by atoms with E-state index in [0.717, 1.165) is 10.9 Å². The molecule has 6 nitrogen and oxygen atoms in total. The number of hydrogen-bond donors (Lipinski definition) is 2. The summed E-state index contributed by atoms with van der Waals surface area (Å²) in [6, 6.07) is 15.5. The molecule has 2 N–H and O–H groups in total. The quantitative estimate of drug-likeness (QED) is 0.557. The minimum absolute atomic E-state index is 0.0703. The van der Waals surface area contributed by atoms with Gasteiger partial charge in [-0.05, 0) is 48.0 Å². The number of fused-ring (bicyclic) bond motifs is 1. The van der Waals surface area contributed by atoms with E-state index in [1.807, 2.05) is 18.2 Å². The molecular weight excluding hydrogens is 330 g/mol. The number of nitrogens with one attached hydrogen (secondary N) is 1. The van der Waals surface area contributed by atoms with Gasteiger partial charge in [-0.1, -0.05) is 12.1 Å². The molecule has 0 bridgehead atoms. The molecule has 6 heteroatoms. The topological polar surface area (TPSA) is 95.2 Å². The van der Waals surface area contributed by atoms with Gasteiger partial charge in [-0.2, -0.15) is 5.26 Å². The highest BCUT2D eigenvalue weighted by Crippen LogP contribution is 2.27. The molecule has 0 spiro atoms. The molecule has 0 atom stereocenters. The van der Waals surface area contributed by atoms with Crippen LogP contribution >= 0.6 is 0 Å². The molecule has 0 saturated carbocycles. The van der Waals surface area contributed by atoms with Crippen LogP contribution in [0.3, 0.4) is 0 Å². The average Bonchev–Trinajstić information content (AvgIpc) is 2.66. The van der Waals surface area contributed by atoms with Crippen LogP contribution < -0.4 is 10.1 Å². The van der Waals surface area contributed by atoms with Gasteiger partial charge in [-0.3, -0.25) is 9.78 Å². The molecule has 1 amide bonds. The van der Waals surface area contributed by atoms with Gasteiger partial charge in [-0.15, -0.1) is 0 Å². The van der Waals surface area contributed by atoms with Crippen LogP contribution in [-0.4, -0.2) is 23.1 Å². The van der Waals surface area contributed by atoms with Crippen molar-refractivity contribution in [3.63, 3.8) is 0 Å². The van der Waals surface area contributed by atoms with E-state index in [0.29, 0.717) is 17.0 Å². The number of methoxy groups -OCH3 is 1. The summed E-state index contributed by atoms with van der Waals surface area (Å²) in [5, 5.41) is 22.7. The molecule has 3 aromatic rings. The Morgan fingerprint density at radius 3 is 2.85 bits per heavy atom. The fraction of sp³-hybridized carbons (Fsp3) is 0.0500. The Hall–Kier alpha value is -3.85. The standard InChI is InChI=1S/C20H15N3O3/c1-26-19-8-7-13(11-18(19)24)10-14(12-21)20(25)23-17-6-2-5-16-15(17)4-3-9-22-16/h2-11,24H,1H3,(H,23,25)/b14-10-. The molecule has 1 heterocycles. The van der Waals surface area contributed by atoms with Gasteiger partial charge in [0.25, 0.3) is 5.91 Å². The maximum atomic E-state index is 12.5. The van der Waals surface area contributed by atoms with Gasteiger partial charge < -0.3 is 15.2 Å². The first-order valence-electron chi connectivity index (χ1n) is 7.76. The highest BCUT2D eigenvalue weighted by molar-refractivity contribution is 6.12. The number of carbonyl (C=O) groups is 1. The number of nitriles is 1. The number of phenols is 1. The van der Waals surface area contributed by atoms with Crippen molar-refractivity contribution in [3.05, 3.63) is 65.9 Å². The lowest BCUT2D eigenvalue weighted by Gasteiger charge is -2.08. The predicted octanol–water partition coefficient (Wildman–Crippen LogP) is 3.49. The largest absolute Gasteiger partial charge is 0.504 e. The zero-order valence-corrected chi connectivity index (χ0v) is 13.9. The smallest absolute Gasteiger partial charge is 0.266 e. The fourth-order valence-electron chi connectivity index (χ4n) is 2.51. The lowest BCUT2D eigenvalue weighted by Crippen LogP contribution is -2.13. The summed E-state index contributed by atoms with van der Waals surface area (Å²) in [4.78, 5) is 16.7. The number of aromatic nitrogens is 1. The van der Waals surface area contributed by atoms with Crippen LogP contribution in [0.1, 0.15) is 5.56 Å². The van der Waals surface area contributed by atoms with Gasteiger partial charge >= 0.3 is 0 Å². The number of anilines is 1. The summed E-state index contributed by atoms with van der Waals surface area (Å²) >= 11 is 0. The number of carbonyl (C=O) groups excluding carboxylic acids is 1. The van der Waals surface area contributed by atoms with E-state index in [9.17, 15) is 15.2 Å². The Morgan fingerprint density at radius 2 is 2.12 bits per heavy atom. The van der Waals surface area contributed by atoms with Crippen LogP contribution in [0.25, 0.3) is 17.0 Å². The Balaban J connectivity index is 1.89. The van der Waals surface area contributed by atoms with Gasteiger partial charge in [0.1, 0.15) is 11.6 Å². The zero-order valence-electron chi connectivity index (χ0n) is 13.9. The van der Waals surface area contributed by atoms with E-state index in [1.54, 1.807) is 36.5 Å². The number of ether oxygens (including phenoxy) is 1. The molecule has 0 aliphatic rings. The number of nitrogens with zero attached hydrogens (tertiary/aromatic N) is 2. The van der Waals surface area contributed by atoms with E-state index in [-0.39, 0.29) is 11.3 Å². The summed E-state index contributed by atoms with van der Waals surface area (Å²) in [7, 11) is 1.44. The minimum Gasteiger partial charge on any atom is -0.504 e. The lowest BCUT2D eigenvalue weighted by molar-refractivity contribution is -0.112. The maximum absolute atomic E-state index is 12.5. The molecule has 0 unspecified atom stereocenters. The number of aromatic hydroxyl groups is 1. The summed E-state index contributed by atoms with van der Waals surface area (Å²) in [5.41, 5.74) is 1.73. The zero-order chi connectivity index (χ0) is 18.5. The van der Waals surface area contributed by atoms with Crippen molar-refractivity contribution in [2.24, 2.45) is 0 Å². The van der Waals surface area contributed by atoms with Gasteiger partial charge in [0.15, 0.2) is 11.5 Å². The number of phenolic OH excluding ortho intramolecular Hbond substituents is 1. The first-order valence-corrected chi connectivity index (χ1v) is 7.76. The summed E-state index contributed by atoms with van der Waals surface area (Å²) in [5.74, 6) is -0.299. The van der Waals surface area contributed by atoms with Crippen molar-refractivity contribution in [2.45, 2.75) is 0 Å². The SMILES string of the molecule is COc1ccc(/C=C(/C#N)C(=O)Nc2cccc3ncccc23)cc1O. The van der Waals surface area contributed by atoms with Gasteiger partial charge in [0.05, 0.1) is 18.3 Å². The lowest BCUT2D eigenvalue weighted by atomic mass is 10.1. The number of pyridine rings is 1. The maximum Gasteiger partial charge on any atom is 0.266 e. The second-order valence-corrected chi connectivity index (χ2v) is 5.43. The van der Waals surface area contributed by atoms with Crippen LogP contribution in [0.5, 0.6) is 11.5 Å². The van der Waals surface area contributed by atoms with Gasteiger partial charge in [0.2, 0.25) is 0 Å². The Labute approximate surface area is 150 Å². The summed E-state index contributed by atoms with van der Waals surface area (Å²) in [6.07, 6.45) is 3.07. The number of rotatable bonds is 4. The third kappa shape index (κ3) is 3.47. The molecule has 128 valence electrons. The van der Waals surface area contributed by atoms with Crippen molar-refractivity contribution in [2.75, 3.05) is 12.4 Å². The van der Waals surface area contributed by atoms with Crippen LogP contribution in [0.2, 0.25) is 0 Å². The number of benzene rings is 2. The van der Waals surface area contributed by atoms with Gasteiger partial charge in [-0.25, -0.2) is 0 Å². The van der Waals surface area contributed by atoms with E-state index in [2.05, 4.69) is 10.3 Å². The van der Waals surface area contributed by atoms with Crippen LogP contribution in [-0.2, 0) is 4.79 Å². The third-order valence-electron chi connectivity index (χ3n) is 3.77. The average molecular weight is 345 g/mol. The monoisotopic (exact) mass is 345 g/mol. The second-order valence-electron chi connectivity index (χ2n) is 5.43. The molecule has 26 heavy (non-hydrogen) atoms. The van der Waals surface area contributed by atoms with E-state index in [4.69, 9.17) is 4.74 Å². The Morgan fingerprint density at radius 1 is 1.27 bits per heavy atom. The van der Waals surface area contributed by atoms with Crippen molar-refractivity contribution in [1.82, 2.24) is 4.98 Å². The van der Waals surface area contributed by atoms with E-state index < -0.39 is 5.91 Å². The molecule has 3 rings (SSSR count). The molecule has 0 saturated heterocycles. The van der Waals surface area contributed by atoms with Gasteiger partial charge in [0, 0.05) is 11.6 Å². The fourth-order valence-corrected chi connectivity index (χ4v) is 2.51. The first kappa shape index (κ1) is 17.0.